The summed E-state index contributed by atoms with van der Waals surface area (Å²) in [5.41, 5.74) is 2.81. The molecular formula is C22H21BrFNO. The van der Waals surface area contributed by atoms with E-state index < -0.39 is 0 Å². The standard InChI is InChI=1S/C22H21BrFNO/c1-16(17-7-3-2-4-8-17)25-14-19-13-20(23)11-12-22(19)26-15-18-9-5-6-10-21(18)24/h2-13,16,25H,14-15H2,1H3/t16-/m0/s1. The fourth-order valence-corrected chi connectivity index (χ4v) is 3.13. The van der Waals surface area contributed by atoms with Gasteiger partial charge in [-0.15, -0.1) is 0 Å². The summed E-state index contributed by atoms with van der Waals surface area (Å²) >= 11 is 3.51. The Kier molecular flexibility index (Phi) is 6.42. The van der Waals surface area contributed by atoms with Crippen LogP contribution in [0.5, 0.6) is 5.75 Å². The molecule has 0 aliphatic heterocycles. The second-order valence-corrected chi connectivity index (χ2v) is 7.06. The second kappa shape index (κ2) is 8.97. The molecule has 1 atom stereocenters. The monoisotopic (exact) mass is 413 g/mol. The Morgan fingerprint density at radius 2 is 1.69 bits per heavy atom. The van der Waals surface area contributed by atoms with Crippen molar-refractivity contribution >= 4 is 15.9 Å². The smallest absolute Gasteiger partial charge is 0.129 e. The van der Waals surface area contributed by atoms with Crippen molar-refractivity contribution < 1.29 is 9.13 Å². The molecule has 0 spiro atoms. The van der Waals surface area contributed by atoms with Gasteiger partial charge in [0.25, 0.3) is 0 Å². The minimum absolute atomic E-state index is 0.204. The zero-order valence-corrected chi connectivity index (χ0v) is 16.2. The van der Waals surface area contributed by atoms with E-state index in [1.165, 1.54) is 11.6 Å². The quantitative estimate of drug-likeness (QED) is 0.511. The van der Waals surface area contributed by atoms with Gasteiger partial charge in [0, 0.05) is 28.2 Å². The Morgan fingerprint density at radius 3 is 2.46 bits per heavy atom. The lowest BCUT2D eigenvalue weighted by Crippen LogP contribution is -2.18. The molecule has 0 aliphatic rings. The summed E-state index contributed by atoms with van der Waals surface area (Å²) in [5, 5.41) is 3.52. The van der Waals surface area contributed by atoms with Gasteiger partial charge in [-0.2, -0.15) is 0 Å². The molecular weight excluding hydrogens is 393 g/mol. The van der Waals surface area contributed by atoms with E-state index in [0.717, 1.165) is 15.8 Å². The molecule has 0 aliphatic carbocycles. The normalized spacial score (nSPS) is 12.0. The fraction of sp³-hybridized carbons (Fsp3) is 0.182. The van der Waals surface area contributed by atoms with E-state index >= 15 is 0 Å². The van der Waals surface area contributed by atoms with Gasteiger partial charge < -0.3 is 10.1 Å². The van der Waals surface area contributed by atoms with Crippen LogP contribution in [0, 0.1) is 5.82 Å². The average Bonchev–Trinajstić information content (AvgIpc) is 2.67. The van der Waals surface area contributed by atoms with Crippen molar-refractivity contribution in [2.24, 2.45) is 0 Å². The molecule has 0 unspecified atom stereocenters. The van der Waals surface area contributed by atoms with Crippen molar-refractivity contribution in [3.63, 3.8) is 0 Å². The molecule has 0 saturated carbocycles. The number of rotatable bonds is 7. The van der Waals surface area contributed by atoms with E-state index in [1.54, 1.807) is 12.1 Å². The summed E-state index contributed by atoms with van der Waals surface area (Å²) in [5.74, 6) is 0.506. The van der Waals surface area contributed by atoms with Gasteiger partial charge in [0.15, 0.2) is 0 Å². The van der Waals surface area contributed by atoms with E-state index in [9.17, 15) is 4.39 Å². The minimum Gasteiger partial charge on any atom is -0.488 e. The van der Waals surface area contributed by atoms with Gasteiger partial charge >= 0.3 is 0 Å². The molecule has 3 aromatic carbocycles. The SMILES string of the molecule is C[C@H](NCc1cc(Br)ccc1OCc1ccccc1F)c1ccccc1. The highest BCUT2D eigenvalue weighted by atomic mass is 79.9. The summed E-state index contributed by atoms with van der Waals surface area (Å²) < 4.78 is 20.7. The lowest BCUT2D eigenvalue weighted by atomic mass is 10.1. The summed E-state index contributed by atoms with van der Waals surface area (Å²) in [6, 6.07) is 23.1. The average molecular weight is 414 g/mol. The number of benzene rings is 3. The zero-order valence-electron chi connectivity index (χ0n) is 14.6. The summed E-state index contributed by atoms with van der Waals surface area (Å²) in [7, 11) is 0. The Bertz CT molecular complexity index is 854. The maximum atomic E-state index is 13.8. The highest BCUT2D eigenvalue weighted by Crippen LogP contribution is 2.25. The van der Waals surface area contributed by atoms with Gasteiger partial charge in [0.1, 0.15) is 18.2 Å². The molecule has 0 saturated heterocycles. The Labute approximate surface area is 162 Å². The van der Waals surface area contributed by atoms with Crippen molar-refractivity contribution in [1.29, 1.82) is 0 Å². The molecule has 0 bridgehead atoms. The van der Waals surface area contributed by atoms with Gasteiger partial charge in [-0.3, -0.25) is 0 Å². The zero-order chi connectivity index (χ0) is 18.4. The van der Waals surface area contributed by atoms with E-state index in [4.69, 9.17) is 4.74 Å². The minimum atomic E-state index is -0.248. The van der Waals surface area contributed by atoms with E-state index in [2.05, 4.69) is 40.3 Å². The lowest BCUT2D eigenvalue weighted by molar-refractivity contribution is 0.295. The molecule has 0 heterocycles. The van der Waals surface area contributed by atoms with Crippen molar-refractivity contribution in [1.82, 2.24) is 5.32 Å². The van der Waals surface area contributed by atoms with Crippen LogP contribution in [-0.2, 0) is 13.2 Å². The highest BCUT2D eigenvalue weighted by molar-refractivity contribution is 9.10. The van der Waals surface area contributed by atoms with E-state index in [1.807, 2.05) is 42.5 Å². The van der Waals surface area contributed by atoms with E-state index in [-0.39, 0.29) is 18.5 Å². The van der Waals surface area contributed by atoms with Crippen molar-refractivity contribution in [3.8, 4) is 5.75 Å². The van der Waals surface area contributed by atoms with Gasteiger partial charge in [-0.05, 0) is 36.8 Å². The molecule has 4 heteroatoms. The van der Waals surface area contributed by atoms with Crippen LogP contribution < -0.4 is 10.1 Å². The van der Waals surface area contributed by atoms with Crippen molar-refractivity contribution in [2.75, 3.05) is 0 Å². The summed E-state index contributed by atoms with van der Waals surface area (Å²) in [4.78, 5) is 0. The summed E-state index contributed by atoms with van der Waals surface area (Å²) in [6.45, 7) is 2.99. The largest absolute Gasteiger partial charge is 0.488 e. The van der Waals surface area contributed by atoms with Crippen molar-refractivity contribution in [3.05, 3.63) is 99.8 Å². The van der Waals surface area contributed by atoms with E-state index in [0.29, 0.717) is 12.1 Å². The number of hydrogen-bond acceptors (Lipinski definition) is 2. The third-order valence-corrected chi connectivity index (χ3v) is 4.76. The van der Waals surface area contributed by atoms with Crippen LogP contribution in [0.4, 0.5) is 4.39 Å². The number of halogens is 2. The molecule has 0 amide bonds. The Morgan fingerprint density at radius 1 is 0.962 bits per heavy atom. The first kappa shape index (κ1) is 18.6. The highest BCUT2D eigenvalue weighted by Gasteiger charge is 2.10. The van der Waals surface area contributed by atoms with Crippen molar-refractivity contribution in [2.45, 2.75) is 26.1 Å². The molecule has 0 aromatic heterocycles. The number of nitrogens with one attached hydrogen (secondary N) is 1. The summed E-state index contributed by atoms with van der Waals surface area (Å²) in [6.07, 6.45) is 0. The predicted molar refractivity (Wildman–Crippen MR) is 107 cm³/mol. The molecule has 134 valence electrons. The number of ether oxygens (including phenoxy) is 1. The fourth-order valence-electron chi connectivity index (χ4n) is 2.72. The van der Waals surface area contributed by atoms with Crippen LogP contribution in [0.3, 0.4) is 0 Å². The Hall–Kier alpha value is -2.17. The first-order chi connectivity index (χ1) is 12.6. The molecule has 3 rings (SSSR count). The third-order valence-electron chi connectivity index (χ3n) is 4.26. The van der Waals surface area contributed by atoms with Gasteiger partial charge in [0.2, 0.25) is 0 Å². The van der Waals surface area contributed by atoms with Crippen LogP contribution in [0.1, 0.15) is 29.7 Å². The van der Waals surface area contributed by atoms with Crippen LogP contribution in [0.15, 0.2) is 77.3 Å². The first-order valence-corrected chi connectivity index (χ1v) is 9.36. The maximum absolute atomic E-state index is 13.8. The maximum Gasteiger partial charge on any atom is 0.129 e. The van der Waals surface area contributed by atoms with Gasteiger partial charge in [-0.25, -0.2) is 4.39 Å². The first-order valence-electron chi connectivity index (χ1n) is 8.56. The van der Waals surface area contributed by atoms with Gasteiger partial charge in [0.05, 0.1) is 0 Å². The third kappa shape index (κ3) is 4.93. The molecule has 26 heavy (non-hydrogen) atoms. The topological polar surface area (TPSA) is 21.3 Å². The van der Waals surface area contributed by atoms with Crippen LogP contribution in [-0.4, -0.2) is 0 Å². The number of hydrogen-bond donors (Lipinski definition) is 1. The Balaban J connectivity index is 1.69. The predicted octanol–water partition coefficient (Wildman–Crippen LogP) is 6.02. The molecule has 1 N–H and O–H groups in total. The second-order valence-electron chi connectivity index (χ2n) is 6.15. The molecule has 2 nitrogen and oxygen atoms in total. The van der Waals surface area contributed by atoms with Gasteiger partial charge in [-0.1, -0.05) is 64.5 Å². The molecule has 3 aromatic rings. The van der Waals surface area contributed by atoms with Crippen LogP contribution in [0.25, 0.3) is 0 Å². The van der Waals surface area contributed by atoms with Crippen LogP contribution in [0.2, 0.25) is 0 Å². The molecule has 0 radical (unpaired) electrons. The lowest BCUT2D eigenvalue weighted by Gasteiger charge is -2.17. The van der Waals surface area contributed by atoms with Crippen LogP contribution >= 0.6 is 15.9 Å². The molecule has 0 fully saturated rings.